The summed E-state index contributed by atoms with van der Waals surface area (Å²) in [6.07, 6.45) is 2.58. The van der Waals surface area contributed by atoms with Gasteiger partial charge in [-0.15, -0.1) is 12.4 Å². The molecule has 0 aromatic carbocycles. The van der Waals surface area contributed by atoms with Crippen molar-refractivity contribution in [3.05, 3.63) is 17.5 Å². The van der Waals surface area contributed by atoms with Crippen molar-refractivity contribution in [2.75, 3.05) is 0 Å². The van der Waals surface area contributed by atoms with E-state index in [1.807, 2.05) is 6.92 Å². The van der Waals surface area contributed by atoms with E-state index in [0.717, 1.165) is 17.7 Å². The maximum Gasteiger partial charge on any atom is 0.127 e. The summed E-state index contributed by atoms with van der Waals surface area (Å²) in [5.41, 5.74) is 7.33. The molecule has 0 saturated carbocycles. The van der Waals surface area contributed by atoms with Crippen LogP contribution < -0.4 is 5.73 Å². The van der Waals surface area contributed by atoms with Crippen LogP contribution in [0.15, 0.2) is 10.8 Å². The maximum atomic E-state index is 5.35. The third kappa shape index (κ3) is 1.72. The van der Waals surface area contributed by atoms with E-state index < -0.39 is 0 Å². The van der Waals surface area contributed by atoms with Gasteiger partial charge in [-0.2, -0.15) is 0 Å². The van der Waals surface area contributed by atoms with E-state index in [2.05, 4.69) is 5.16 Å². The molecule has 0 saturated heterocycles. The average molecular weight is 163 g/mol. The number of halogens is 1. The fourth-order valence-corrected chi connectivity index (χ4v) is 0.736. The van der Waals surface area contributed by atoms with Gasteiger partial charge in [-0.3, -0.25) is 0 Å². The number of rotatable bonds is 2. The van der Waals surface area contributed by atoms with Crippen LogP contribution in [0.4, 0.5) is 0 Å². The van der Waals surface area contributed by atoms with Gasteiger partial charge >= 0.3 is 0 Å². The highest BCUT2D eigenvalue weighted by molar-refractivity contribution is 5.85. The molecule has 0 radical (unpaired) electrons. The summed E-state index contributed by atoms with van der Waals surface area (Å²) in [5, 5.41) is 3.71. The standard InChI is InChI=1S/C6H10N2O.ClH/c1-2-5-4-9-8-6(5)3-7;/h4H,2-3,7H2,1H3;1H. The lowest BCUT2D eigenvalue weighted by molar-refractivity contribution is 0.411. The predicted molar refractivity (Wildman–Crippen MR) is 41.0 cm³/mol. The molecule has 0 unspecified atom stereocenters. The van der Waals surface area contributed by atoms with Gasteiger partial charge in [0.15, 0.2) is 0 Å². The highest BCUT2D eigenvalue weighted by Crippen LogP contribution is 2.04. The Morgan fingerprint density at radius 3 is 2.80 bits per heavy atom. The molecular formula is C6H11ClN2O. The predicted octanol–water partition coefficient (Wildman–Crippen LogP) is 1.12. The monoisotopic (exact) mass is 162 g/mol. The van der Waals surface area contributed by atoms with Crippen LogP contribution in [0, 0.1) is 0 Å². The summed E-state index contributed by atoms with van der Waals surface area (Å²) >= 11 is 0. The molecule has 1 rings (SSSR count). The molecule has 0 aliphatic heterocycles. The summed E-state index contributed by atoms with van der Waals surface area (Å²) in [6, 6.07) is 0. The molecule has 0 fully saturated rings. The first-order valence-corrected chi connectivity index (χ1v) is 3.00. The Hall–Kier alpha value is -0.540. The minimum atomic E-state index is 0. The zero-order valence-electron chi connectivity index (χ0n) is 5.83. The number of hydrogen-bond acceptors (Lipinski definition) is 3. The van der Waals surface area contributed by atoms with E-state index in [4.69, 9.17) is 10.3 Å². The van der Waals surface area contributed by atoms with E-state index >= 15 is 0 Å². The van der Waals surface area contributed by atoms with Crippen molar-refractivity contribution in [3.63, 3.8) is 0 Å². The number of nitrogens with zero attached hydrogens (tertiary/aromatic N) is 1. The molecule has 58 valence electrons. The fourth-order valence-electron chi connectivity index (χ4n) is 0.736. The second-order valence-electron chi connectivity index (χ2n) is 1.84. The normalized spacial score (nSPS) is 9.00. The van der Waals surface area contributed by atoms with Crippen LogP contribution in [0.5, 0.6) is 0 Å². The minimum absolute atomic E-state index is 0. The van der Waals surface area contributed by atoms with Gasteiger partial charge in [-0.1, -0.05) is 12.1 Å². The molecule has 0 bridgehead atoms. The van der Waals surface area contributed by atoms with Gasteiger partial charge in [0.05, 0.1) is 0 Å². The highest BCUT2D eigenvalue weighted by Gasteiger charge is 2.00. The van der Waals surface area contributed by atoms with E-state index in [-0.39, 0.29) is 12.4 Å². The van der Waals surface area contributed by atoms with Gasteiger partial charge in [0.2, 0.25) is 0 Å². The zero-order chi connectivity index (χ0) is 6.69. The van der Waals surface area contributed by atoms with E-state index in [1.54, 1.807) is 6.26 Å². The van der Waals surface area contributed by atoms with E-state index in [0.29, 0.717) is 6.54 Å². The van der Waals surface area contributed by atoms with Crippen LogP contribution in [0.1, 0.15) is 18.2 Å². The SMILES string of the molecule is CCc1conc1CN.Cl. The first-order chi connectivity index (χ1) is 4.38. The number of hydrogen-bond donors (Lipinski definition) is 1. The number of nitrogens with two attached hydrogens (primary N) is 1. The molecular weight excluding hydrogens is 152 g/mol. The third-order valence-corrected chi connectivity index (χ3v) is 1.30. The van der Waals surface area contributed by atoms with E-state index in [9.17, 15) is 0 Å². The Kier molecular flexibility index (Phi) is 4.07. The first kappa shape index (κ1) is 9.46. The molecule has 0 aliphatic rings. The van der Waals surface area contributed by atoms with Crippen molar-refractivity contribution in [2.24, 2.45) is 5.73 Å². The largest absolute Gasteiger partial charge is 0.364 e. The topological polar surface area (TPSA) is 52.0 Å². The smallest absolute Gasteiger partial charge is 0.127 e. The second-order valence-corrected chi connectivity index (χ2v) is 1.84. The molecule has 0 atom stereocenters. The van der Waals surface area contributed by atoms with Gasteiger partial charge in [0, 0.05) is 12.1 Å². The molecule has 0 spiro atoms. The van der Waals surface area contributed by atoms with Crippen molar-refractivity contribution in [1.82, 2.24) is 5.16 Å². The molecule has 1 aromatic heterocycles. The Balaban J connectivity index is 0.000000810. The Morgan fingerprint density at radius 2 is 2.40 bits per heavy atom. The Bertz CT molecular complexity index is 169. The molecule has 1 aromatic rings. The maximum absolute atomic E-state index is 5.35. The van der Waals surface area contributed by atoms with Crippen LogP contribution in [-0.4, -0.2) is 5.16 Å². The number of aromatic nitrogens is 1. The van der Waals surface area contributed by atoms with Gasteiger partial charge in [-0.05, 0) is 6.42 Å². The highest BCUT2D eigenvalue weighted by atomic mass is 35.5. The number of aryl methyl sites for hydroxylation is 1. The third-order valence-electron chi connectivity index (χ3n) is 1.30. The fraction of sp³-hybridized carbons (Fsp3) is 0.500. The second kappa shape index (κ2) is 4.30. The first-order valence-electron chi connectivity index (χ1n) is 3.00. The molecule has 1 heterocycles. The summed E-state index contributed by atoms with van der Waals surface area (Å²) in [5.74, 6) is 0. The lowest BCUT2D eigenvalue weighted by Crippen LogP contribution is -1.99. The molecule has 0 aliphatic carbocycles. The van der Waals surface area contributed by atoms with Crippen LogP contribution in [0.2, 0.25) is 0 Å². The van der Waals surface area contributed by atoms with Crippen molar-refractivity contribution < 1.29 is 4.52 Å². The van der Waals surface area contributed by atoms with Gasteiger partial charge in [0.25, 0.3) is 0 Å². The van der Waals surface area contributed by atoms with Crippen LogP contribution >= 0.6 is 12.4 Å². The molecule has 3 nitrogen and oxygen atoms in total. The summed E-state index contributed by atoms with van der Waals surface area (Å²) < 4.78 is 4.70. The van der Waals surface area contributed by atoms with Crippen molar-refractivity contribution in [1.29, 1.82) is 0 Å². The Labute approximate surface area is 66.0 Å². The van der Waals surface area contributed by atoms with Gasteiger partial charge in [0.1, 0.15) is 12.0 Å². The molecule has 10 heavy (non-hydrogen) atoms. The minimum Gasteiger partial charge on any atom is -0.364 e. The van der Waals surface area contributed by atoms with Gasteiger partial charge < -0.3 is 10.3 Å². The quantitative estimate of drug-likeness (QED) is 0.709. The lowest BCUT2D eigenvalue weighted by Gasteiger charge is -1.88. The summed E-state index contributed by atoms with van der Waals surface area (Å²) in [6.45, 7) is 2.52. The average Bonchev–Trinajstić information content (AvgIpc) is 2.33. The molecule has 2 N–H and O–H groups in total. The summed E-state index contributed by atoms with van der Waals surface area (Å²) in [4.78, 5) is 0. The molecule has 0 amide bonds. The van der Waals surface area contributed by atoms with Crippen molar-refractivity contribution in [3.8, 4) is 0 Å². The van der Waals surface area contributed by atoms with Crippen LogP contribution in [0.25, 0.3) is 0 Å². The Morgan fingerprint density at radius 1 is 1.70 bits per heavy atom. The van der Waals surface area contributed by atoms with E-state index in [1.165, 1.54) is 0 Å². The lowest BCUT2D eigenvalue weighted by atomic mass is 10.2. The van der Waals surface area contributed by atoms with Crippen LogP contribution in [-0.2, 0) is 13.0 Å². The zero-order valence-corrected chi connectivity index (χ0v) is 6.65. The van der Waals surface area contributed by atoms with Crippen molar-refractivity contribution in [2.45, 2.75) is 19.9 Å². The van der Waals surface area contributed by atoms with Crippen LogP contribution in [0.3, 0.4) is 0 Å². The molecule has 4 heteroatoms. The summed E-state index contributed by atoms with van der Waals surface area (Å²) in [7, 11) is 0. The van der Waals surface area contributed by atoms with Crippen molar-refractivity contribution >= 4 is 12.4 Å². The van der Waals surface area contributed by atoms with Gasteiger partial charge in [-0.25, -0.2) is 0 Å².